The molecule has 0 aromatic carbocycles. The summed E-state index contributed by atoms with van der Waals surface area (Å²) in [5, 5.41) is 7.74. The van der Waals surface area contributed by atoms with Gasteiger partial charge in [-0.15, -0.1) is 0 Å². The Morgan fingerprint density at radius 3 is 3.06 bits per heavy atom. The SMILES string of the molecule is CCCCc1cc(=O)oc2[nH]nc(COC)c12. The minimum absolute atomic E-state index is 0.337. The van der Waals surface area contributed by atoms with Gasteiger partial charge in [0.2, 0.25) is 5.71 Å². The summed E-state index contributed by atoms with van der Waals surface area (Å²) in [6, 6.07) is 1.55. The van der Waals surface area contributed by atoms with Crippen LogP contribution in [0.3, 0.4) is 0 Å². The van der Waals surface area contributed by atoms with Crippen LogP contribution in [0.1, 0.15) is 31.0 Å². The lowest BCUT2D eigenvalue weighted by atomic mass is 10.1. The highest BCUT2D eigenvalue weighted by Crippen LogP contribution is 2.21. The molecule has 1 N–H and O–H groups in total. The van der Waals surface area contributed by atoms with Gasteiger partial charge in [-0.2, -0.15) is 5.10 Å². The van der Waals surface area contributed by atoms with Crippen LogP contribution >= 0.6 is 0 Å². The van der Waals surface area contributed by atoms with Gasteiger partial charge in [-0.1, -0.05) is 13.3 Å². The molecule has 0 fully saturated rings. The summed E-state index contributed by atoms with van der Waals surface area (Å²) in [4.78, 5) is 11.4. The number of ether oxygens (including phenoxy) is 1. The van der Waals surface area contributed by atoms with Crippen LogP contribution in [0.2, 0.25) is 0 Å². The van der Waals surface area contributed by atoms with Gasteiger partial charge in [0.25, 0.3) is 0 Å². The molecule has 2 aromatic rings. The molecule has 0 bridgehead atoms. The smallest absolute Gasteiger partial charge is 0.337 e. The summed E-state index contributed by atoms with van der Waals surface area (Å²) in [5.41, 5.74) is 1.88. The third-order valence-electron chi connectivity index (χ3n) is 2.70. The molecule has 0 spiro atoms. The van der Waals surface area contributed by atoms with Crippen LogP contribution in [0.5, 0.6) is 0 Å². The highest BCUT2D eigenvalue weighted by molar-refractivity contribution is 5.79. The van der Waals surface area contributed by atoms with Crippen LogP contribution in [-0.4, -0.2) is 17.3 Å². The molecule has 0 aliphatic rings. The van der Waals surface area contributed by atoms with Gasteiger partial charge in [0.1, 0.15) is 0 Å². The molecule has 2 aromatic heterocycles. The van der Waals surface area contributed by atoms with Crippen LogP contribution in [0.4, 0.5) is 0 Å². The predicted octanol–water partition coefficient (Wildman–Crippen LogP) is 2.01. The van der Waals surface area contributed by atoms with E-state index in [2.05, 4.69) is 17.1 Å². The fraction of sp³-hybridized carbons (Fsp3) is 0.500. The van der Waals surface area contributed by atoms with E-state index in [1.54, 1.807) is 13.2 Å². The summed E-state index contributed by atoms with van der Waals surface area (Å²) >= 11 is 0. The van der Waals surface area contributed by atoms with E-state index in [-0.39, 0.29) is 5.63 Å². The zero-order chi connectivity index (χ0) is 12.3. The first-order valence-corrected chi connectivity index (χ1v) is 5.75. The lowest BCUT2D eigenvalue weighted by molar-refractivity contribution is 0.182. The van der Waals surface area contributed by atoms with Crippen molar-refractivity contribution in [3.8, 4) is 0 Å². The second-order valence-electron chi connectivity index (χ2n) is 4.00. The fourth-order valence-corrected chi connectivity index (χ4v) is 1.92. The first-order valence-electron chi connectivity index (χ1n) is 5.75. The number of aromatic nitrogens is 2. The van der Waals surface area contributed by atoms with Crippen molar-refractivity contribution in [2.24, 2.45) is 0 Å². The van der Waals surface area contributed by atoms with Crippen LogP contribution in [0.15, 0.2) is 15.3 Å². The van der Waals surface area contributed by atoms with Gasteiger partial charge < -0.3 is 9.15 Å². The topological polar surface area (TPSA) is 68.1 Å². The van der Waals surface area contributed by atoms with Gasteiger partial charge >= 0.3 is 5.63 Å². The average Bonchev–Trinajstić information content (AvgIpc) is 2.69. The second kappa shape index (κ2) is 5.14. The van der Waals surface area contributed by atoms with E-state index in [0.717, 1.165) is 35.9 Å². The average molecular weight is 236 g/mol. The predicted molar refractivity (Wildman–Crippen MR) is 64.0 cm³/mol. The second-order valence-corrected chi connectivity index (χ2v) is 4.00. The highest BCUT2D eigenvalue weighted by Gasteiger charge is 2.13. The molecule has 2 heterocycles. The Morgan fingerprint density at radius 1 is 1.53 bits per heavy atom. The van der Waals surface area contributed by atoms with E-state index in [1.807, 2.05) is 0 Å². The first kappa shape index (κ1) is 11.9. The molecule has 0 unspecified atom stereocenters. The minimum atomic E-state index is -0.337. The van der Waals surface area contributed by atoms with Gasteiger partial charge in [-0.25, -0.2) is 9.89 Å². The summed E-state index contributed by atoms with van der Waals surface area (Å²) in [6.07, 6.45) is 2.98. The first-order chi connectivity index (χ1) is 8.26. The van der Waals surface area contributed by atoms with E-state index in [1.165, 1.54) is 0 Å². The molecule has 0 aliphatic carbocycles. The lowest BCUT2D eigenvalue weighted by Crippen LogP contribution is -2.01. The monoisotopic (exact) mass is 236 g/mol. The van der Waals surface area contributed by atoms with Crippen LogP contribution in [-0.2, 0) is 17.8 Å². The number of nitrogens with one attached hydrogen (secondary N) is 1. The number of fused-ring (bicyclic) bond motifs is 1. The minimum Gasteiger partial charge on any atom is -0.404 e. The quantitative estimate of drug-likeness (QED) is 0.862. The van der Waals surface area contributed by atoms with E-state index >= 15 is 0 Å². The van der Waals surface area contributed by atoms with E-state index in [4.69, 9.17) is 9.15 Å². The number of nitrogens with zero attached hydrogens (tertiary/aromatic N) is 1. The molecule has 0 radical (unpaired) electrons. The van der Waals surface area contributed by atoms with Crippen LogP contribution in [0, 0.1) is 0 Å². The van der Waals surface area contributed by atoms with Crippen molar-refractivity contribution < 1.29 is 9.15 Å². The van der Waals surface area contributed by atoms with E-state index in [9.17, 15) is 4.79 Å². The normalized spacial score (nSPS) is 11.2. The molecule has 0 saturated heterocycles. The van der Waals surface area contributed by atoms with Gasteiger partial charge in [0.05, 0.1) is 17.7 Å². The molecule has 17 heavy (non-hydrogen) atoms. The van der Waals surface area contributed by atoms with Gasteiger partial charge in [0.15, 0.2) is 0 Å². The Morgan fingerprint density at radius 2 is 2.35 bits per heavy atom. The largest absolute Gasteiger partial charge is 0.404 e. The molecule has 2 rings (SSSR count). The standard InChI is InChI=1S/C12H16N2O3/c1-3-4-5-8-6-10(15)17-12-11(8)9(7-16-2)13-14-12/h6H,3-5,7H2,1-2H3,(H,13,14). The molecule has 0 aliphatic heterocycles. The summed E-state index contributed by atoms with van der Waals surface area (Å²) in [6.45, 7) is 2.53. The fourth-order valence-electron chi connectivity index (χ4n) is 1.92. The lowest BCUT2D eigenvalue weighted by Gasteiger charge is -2.02. The summed E-state index contributed by atoms with van der Waals surface area (Å²) in [5.74, 6) is 0. The van der Waals surface area contributed by atoms with Gasteiger partial charge in [-0.3, -0.25) is 0 Å². The number of hydrogen-bond acceptors (Lipinski definition) is 4. The van der Waals surface area contributed by atoms with Crippen molar-refractivity contribution in [2.75, 3.05) is 7.11 Å². The van der Waals surface area contributed by atoms with Crippen molar-refractivity contribution >= 4 is 11.1 Å². The molecule has 0 amide bonds. The Labute approximate surface area is 98.8 Å². The molecule has 92 valence electrons. The number of H-pyrrole nitrogens is 1. The zero-order valence-corrected chi connectivity index (χ0v) is 10.1. The maximum atomic E-state index is 11.4. The summed E-state index contributed by atoms with van der Waals surface area (Å²) in [7, 11) is 1.62. The maximum Gasteiger partial charge on any atom is 0.337 e. The third-order valence-corrected chi connectivity index (χ3v) is 2.70. The molecule has 0 saturated carbocycles. The maximum absolute atomic E-state index is 11.4. The molecule has 0 atom stereocenters. The Bertz CT molecular complexity index is 556. The molecular weight excluding hydrogens is 220 g/mol. The Hall–Kier alpha value is -1.62. The molecule has 5 nitrogen and oxygen atoms in total. The van der Waals surface area contributed by atoms with E-state index < -0.39 is 0 Å². The number of hydrogen-bond donors (Lipinski definition) is 1. The number of methoxy groups -OCH3 is 1. The summed E-state index contributed by atoms with van der Waals surface area (Å²) < 4.78 is 10.2. The van der Waals surface area contributed by atoms with E-state index in [0.29, 0.717) is 12.3 Å². The number of aromatic amines is 1. The Kier molecular flexibility index (Phi) is 3.58. The third kappa shape index (κ3) is 2.39. The number of aryl methyl sites for hydroxylation is 1. The van der Waals surface area contributed by atoms with Gasteiger partial charge in [-0.05, 0) is 18.4 Å². The molecular formula is C12H16N2O3. The zero-order valence-electron chi connectivity index (χ0n) is 10.1. The number of rotatable bonds is 5. The highest BCUT2D eigenvalue weighted by atomic mass is 16.5. The van der Waals surface area contributed by atoms with Gasteiger partial charge in [0, 0.05) is 13.2 Å². The van der Waals surface area contributed by atoms with Crippen molar-refractivity contribution in [3.63, 3.8) is 0 Å². The number of unbranched alkanes of at least 4 members (excludes halogenated alkanes) is 1. The van der Waals surface area contributed by atoms with Crippen molar-refractivity contribution in [2.45, 2.75) is 32.8 Å². The van der Waals surface area contributed by atoms with Crippen LogP contribution < -0.4 is 5.63 Å². The molecule has 5 heteroatoms. The van der Waals surface area contributed by atoms with Crippen molar-refractivity contribution in [3.05, 3.63) is 27.7 Å². The Balaban J connectivity index is 2.53. The van der Waals surface area contributed by atoms with Crippen molar-refractivity contribution in [1.29, 1.82) is 0 Å². The van der Waals surface area contributed by atoms with Crippen LogP contribution in [0.25, 0.3) is 11.1 Å². The van der Waals surface area contributed by atoms with Crippen molar-refractivity contribution in [1.82, 2.24) is 10.2 Å².